The van der Waals surface area contributed by atoms with E-state index in [1.165, 1.54) is 31.2 Å². The third-order valence-electron chi connectivity index (χ3n) is 5.43. The van der Waals surface area contributed by atoms with Crippen molar-refractivity contribution in [2.75, 3.05) is 11.6 Å². The third kappa shape index (κ3) is 5.00. The number of nitrogens with zero attached hydrogens (tertiary/aromatic N) is 2. The van der Waals surface area contributed by atoms with E-state index in [-0.39, 0.29) is 41.0 Å². The topological polar surface area (TPSA) is 51.1 Å². The number of carbonyl (C=O) groups excluding carboxylic acids is 1. The lowest BCUT2D eigenvalue weighted by molar-refractivity contribution is -0.114. The van der Waals surface area contributed by atoms with Crippen LogP contribution in [0.1, 0.15) is 25.0 Å². The van der Waals surface area contributed by atoms with Gasteiger partial charge in [0.15, 0.2) is 34.8 Å². The zero-order valence-corrected chi connectivity index (χ0v) is 21.3. The van der Waals surface area contributed by atoms with Crippen molar-refractivity contribution in [2.24, 2.45) is 5.10 Å². The number of amides is 1. The number of hydrazone groups is 1. The van der Waals surface area contributed by atoms with Crippen LogP contribution in [-0.4, -0.2) is 18.2 Å². The summed E-state index contributed by atoms with van der Waals surface area (Å²) in [4.78, 5) is 13.0. The predicted molar refractivity (Wildman–Crippen MR) is 131 cm³/mol. The van der Waals surface area contributed by atoms with Gasteiger partial charge in [-0.15, -0.1) is 0 Å². The maximum absolute atomic E-state index is 14.3. The molecule has 1 heterocycles. The summed E-state index contributed by atoms with van der Waals surface area (Å²) in [5, 5.41) is 3.84. The Morgan fingerprint density at radius 2 is 1.58 bits per heavy atom. The van der Waals surface area contributed by atoms with E-state index in [1.54, 1.807) is 25.1 Å². The lowest BCUT2D eigenvalue weighted by atomic mass is 10.1. The number of halogens is 7. The van der Waals surface area contributed by atoms with E-state index in [9.17, 15) is 31.1 Å². The maximum atomic E-state index is 14.3. The maximum Gasteiger partial charge on any atom is 0.280 e. The summed E-state index contributed by atoms with van der Waals surface area (Å²) in [6.07, 6.45) is 1.31. The van der Waals surface area contributed by atoms with Gasteiger partial charge in [-0.2, -0.15) is 10.1 Å². The van der Waals surface area contributed by atoms with Crippen molar-refractivity contribution >= 4 is 39.3 Å². The Morgan fingerprint density at radius 3 is 2.21 bits per heavy atom. The second-order valence-corrected chi connectivity index (χ2v) is 8.78. The van der Waals surface area contributed by atoms with Gasteiger partial charge in [-0.1, -0.05) is 18.2 Å². The third-order valence-corrected chi connectivity index (χ3v) is 6.02. The molecular weight excluding hydrogens is 582 g/mol. The molecule has 12 heteroatoms. The van der Waals surface area contributed by atoms with E-state index in [4.69, 9.17) is 9.47 Å². The molecule has 1 aliphatic heterocycles. The molecule has 3 aromatic rings. The standard InChI is InChI=1S/C26H17BrF6N2O3/c1-3-37-18-10-13(9-16(27)25(18)38-11-14-6-4-5-7-17(14)28)8-15-12(2)34-35(26(15)36)24-22(32)20(30)19(29)21(31)23(24)33/h4-10H,3,11H2,1-2H3/b15-8+. The summed E-state index contributed by atoms with van der Waals surface area (Å²) in [6.45, 7) is 3.18. The summed E-state index contributed by atoms with van der Waals surface area (Å²) < 4.78 is 95.2. The Kier molecular flexibility index (Phi) is 7.81. The fourth-order valence-electron chi connectivity index (χ4n) is 3.62. The zero-order valence-electron chi connectivity index (χ0n) is 19.7. The largest absolute Gasteiger partial charge is 0.490 e. The number of hydrogen-bond donors (Lipinski definition) is 0. The van der Waals surface area contributed by atoms with Crippen molar-refractivity contribution in [2.45, 2.75) is 20.5 Å². The van der Waals surface area contributed by atoms with Crippen LogP contribution in [0.2, 0.25) is 0 Å². The van der Waals surface area contributed by atoms with Crippen molar-refractivity contribution in [3.05, 3.63) is 92.5 Å². The normalized spacial score (nSPS) is 14.3. The first-order valence-corrected chi connectivity index (χ1v) is 11.8. The molecule has 0 atom stereocenters. The van der Waals surface area contributed by atoms with E-state index < -0.39 is 46.5 Å². The van der Waals surface area contributed by atoms with Crippen molar-refractivity contribution < 1.29 is 40.6 Å². The zero-order chi connectivity index (χ0) is 27.7. The highest BCUT2D eigenvalue weighted by molar-refractivity contribution is 9.10. The van der Waals surface area contributed by atoms with Crippen LogP contribution in [0.25, 0.3) is 6.08 Å². The Balaban J connectivity index is 1.68. The molecule has 1 aliphatic rings. The van der Waals surface area contributed by atoms with Crippen LogP contribution in [0, 0.1) is 34.9 Å². The van der Waals surface area contributed by atoms with Crippen LogP contribution >= 0.6 is 15.9 Å². The molecule has 38 heavy (non-hydrogen) atoms. The highest BCUT2D eigenvalue weighted by Crippen LogP contribution is 2.39. The molecular formula is C26H17BrF6N2O3. The van der Waals surface area contributed by atoms with Gasteiger partial charge in [-0.05, 0) is 59.6 Å². The molecule has 0 spiro atoms. The Morgan fingerprint density at radius 1 is 0.947 bits per heavy atom. The van der Waals surface area contributed by atoms with E-state index in [2.05, 4.69) is 21.0 Å². The van der Waals surface area contributed by atoms with Crippen molar-refractivity contribution in [3.63, 3.8) is 0 Å². The van der Waals surface area contributed by atoms with Gasteiger partial charge in [0.25, 0.3) is 5.91 Å². The lowest BCUT2D eigenvalue weighted by Crippen LogP contribution is -2.25. The van der Waals surface area contributed by atoms with E-state index in [0.717, 1.165) is 0 Å². The molecule has 198 valence electrons. The molecule has 0 N–H and O–H groups in total. The summed E-state index contributed by atoms with van der Waals surface area (Å²) in [7, 11) is 0. The number of hydrogen-bond acceptors (Lipinski definition) is 4. The van der Waals surface area contributed by atoms with Gasteiger partial charge in [-0.3, -0.25) is 4.79 Å². The molecule has 0 radical (unpaired) electrons. The minimum atomic E-state index is -2.35. The fourth-order valence-corrected chi connectivity index (χ4v) is 4.20. The van der Waals surface area contributed by atoms with Gasteiger partial charge in [-0.25, -0.2) is 26.3 Å². The molecule has 3 aromatic carbocycles. The van der Waals surface area contributed by atoms with E-state index in [0.29, 0.717) is 15.6 Å². The van der Waals surface area contributed by atoms with Gasteiger partial charge in [0.05, 0.1) is 22.4 Å². The molecule has 0 aromatic heterocycles. The first-order chi connectivity index (χ1) is 18.0. The van der Waals surface area contributed by atoms with Gasteiger partial charge in [0.2, 0.25) is 5.82 Å². The Bertz CT molecular complexity index is 1480. The summed E-state index contributed by atoms with van der Waals surface area (Å²) in [5.74, 6) is -12.2. The van der Waals surface area contributed by atoms with Crippen molar-refractivity contribution in [1.82, 2.24) is 0 Å². The molecule has 0 fully saturated rings. The fraction of sp³-hybridized carbons (Fsp3) is 0.154. The quantitative estimate of drug-likeness (QED) is 0.126. The second-order valence-electron chi connectivity index (χ2n) is 7.92. The van der Waals surface area contributed by atoms with E-state index in [1.807, 2.05) is 0 Å². The molecule has 0 aliphatic carbocycles. The summed E-state index contributed by atoms with van der Waals surface area (Å²) in [5.41, 5.74) is -1.01. The molecule has 5 nitrogen and oxygen atoms in total. The highest BCUT2D eigenvalue weighted by atomic mass is 79.9. The van der Waals surface area contributed by atoms with Crippen molar-refractivity contribution in [1.29, 1.82) is 0 Å². The monoisotopic (exact) mass is 598 g/mol. The van der Waals surface area contributed by atoms with Crippen LogP contribution in [0.4, 0.5) is 32.0 Å². The molecule has 0 saturated carbocycles. The average molecular weight is 599 g/mol. The van der Waals surface area contributed by atoms with Gasteiger partial charge < -0.3 is 9.47 Å². The molecule has 1 amide bonds. The first-order valence-electron chi connectivity index (χ1n) is 11.0. The first kappa shape index (κ1) is 27.2. The van der Waals surface area contributed by atoms with Crippen molar-refractivity contribution in [3.8, 4) is 11.5 Å². The Hall–Kier alpha value is -3.80. The van der Waals surface area contributed by atoms with E-state index >= 15 is 0 Å². The number of anilines is 1. The number of benzene rings is 3. The molecule has 0 bridgehead atoms. The summed E-state index contributed by atoms with van der Waals surface area (Å²) in [6, 6.07) is 9.10. The smallest absolute Gasteiger partial charge is 0.280 e. The van der Waals surface area contributed by atoms with Crippen LogP contribution < -0.4 is 14.5 Å². The Labute approximate surface area is 221 Å². The predicted octanol–water partition coefficient (Wildman–Crippen LogP) is 7.07. The molecule has 4 rings (SSSR count). The van der Waals surface area contributed by atoms with Gasteiger partial charge in [0, 0.05) is 5.56 Å². The lowest BCUT2D eigenvalue weighted by Gasteiger charge is -2.16. The van der Waals surface area contributed by atoms with Crippen LogP contribution in [-0.2, 0) is 11.4 Å². The minimum absolute atomic E-state index is 0.0343. The number of carbonyl (C=O) groups is 1. The average Bonchev–Trinajstić information content (AvgIpc) is 3.15. The number of ether oxygens (including phenoxy) is 2. The van der Waals surface area contributed by atoms with Crippen LogP contribution in [0.5, 0.6) is 11.5 Å². The molecule has 0 saturated heterocycles. The minimum Gasteiger partial charge on any atom is -0.490 e. The van der Waals surface area contributed by atoms with Crippen LogP contribution in [0.15, 0.2) is 51.5 Å². The highest BCUT2D eigenvalue weighted by Gasteiger charge is 2.37. The SMILES string of the molecule is CCOc1cc(/C=C2/C(=O)N(c3c(F)c(F)c(F)c(F)c3F)N=C2C)cc(Br)c1OCc1ccccc1F. The van der Waals surface area contributed by atoms with Crippen LogP contribution in [0.3, 0.4) is 0 Å². The number of rotatable bonds is 7. The van der Waals surface area contributed by atoms with Gasteiger partial charge in [0.1, 0.15) is 18.1 Å². The van der Waals surface area contributed by atoms with Gasteiger partial charge >= 0.3 is 0 Å². The second kappa shape index (κ2) is 10.9. The summed E-state index contributed by atoms with van der Waals surface area (Å²) >= 11 is 3.36. The molecule has 0 unspecified atom stereocenters.